The number of rotatable bonds is 2. The number of aromatic nitrogens is 1. The predicted octanol–water partition coefficient (Wildman–Crippen LogP) is 6.59. The maximum Gasteiger partial charge on any atom is 0.416 e. The van der Waals surface area contributed by atoms with Gasteiger partial charge in [-0.25, -0.2) is 9.37 Å². The van der Waals surface area contributed by atoms with Crippen LogP contribution < -0.4 is 0 Å². The van der Waals surface area contributed by atoms with E-state index in [-0.39, 0.29) is 22.5 Å². The summed E-state index contributed by atoms with van der Waals surface area (Å²) in [6.07, 6.45) is -9.00. The normalized spacial score (nSPS) is 12.3. The van der Waals surface area contributed by atoms with E-state index in [9.17, 15) is 30.7 Å². The number of benzene rings is 2. The first-order chi connectivity index (χ1) is 12.5. The van der Waals surface area contributed by atoms with Crippen LogP contribution >= 0.6 is 0 Å². The highest BCUT2D eigenvalue weighted by atomic mass is 19.4. The Bertz CT molecular complexity index is 864. The second-order valence-electron chi connectivity index (χ2n) is 5.71. The van der Waals surface area contributed by atoms with Crippen LogP contribution in [0.25, 0.3) is 22.5 Å². The third-order valence-electron chi connectivity index (χ3n) is 3.81. The molecule has 0 aliphatic rings. The molecule has 0 radical (unpaired) electrons. The maximum atomic E-state index is 13.9. The summed E-state index contributed by atoms with van der Waals surface area (Å²) in [5, 5.41) is 0. The third-order valence-corrected chi connectivity index (χ3v) is 3.81. The zero-order chi connectivity index (χ0) is 19.8. The van der Waals surface area contributed by atoms with E-state index < -0.39 is 29.3 Å². The molecule has 140 valence electrons. The Morgan fingerprint density at radius 2 is 0.889 bits per heavy atom. The van der Waals surface area contributed by atoms with Gasteiger partial charge in [0.1, 0.15) is 5.82 Å². The number of nitrogens with zero attached hydrogens (tertiary/aromatic N) is 1. The fraction of sp³-hybridized carbons (Fsp3) is 0.105. The van der Waals surface area contributed by atoms with Crippen molar-refractivity contribution >= 4 is 0 Å². The minimum atomic E-state index is -4.50. The minimum absolute atomic E-state index is 0.0682. The van der Waals surface area contributed by atoms with E-state index >= 15 is 0 Å². The van der Waals surface area contributed by atoms with Gasteiger partial charge in [0.15, 0.2) is 0 Å². The van der Waals surface area contributed by atoms with Crippen LogP contribution in [0.5, 0.6) is 0 Å². The number of pyridine rings is 1. The van der Waals surface area contributed by atoms with Crippen molar-refractivity contribution in [3.63, 3.8) is 0 Å². The first-order valence-electron chi connectivity index (χ1n) is 7.57. The molecule has 1 heterocycles. The van der Waals surface area contributed by atoms with Crippen molar-refractivity contribution in [3.8, 4) is 22.5 Å². The predicted molar refractivity (Wildman–Crippen MR) is 85.1 cm³/mol. The van der Waals surface area contributed by atoms with E-state index in [1.54, 1.807) is 0 Å². The fourth-order valence-electron chi connectivity index (χ4n) is 2.45. The van der Waals surface area contributed by atoms with Crippen LogP contribution in [0.3, 0.4) is 0 Å². The molecule has 0 N–H and O–H groups in total. The molecule has 0 saturated heterocycles. The van der Waals surface area contributed by atoms with Gasteiger partial charge in [0.05, 0.1) is 22.5 Å². The summed E-state index contributed by atoms with van der Waals surface area (Å²) in [5.41, 5.74) is -1.08. The Morgan fingerprint density at radius 1 is 0.556 bits per heavy atom. The summed E-state index contributed by atoms with van der Waals surface area (Å²) in [5.74, 6) is -0.713. The molecule has 1 aromatic heterocycles. The first-order valence-corrected chi connectivity index (χ1v) is 7.57. The lowest BCUT2D eigenvalue weighted by molar-refractivity contribution is -0.138. The van der Waals surface area contributed by atoms with E-state index in [0.29, 0.717) is 0 Å². The molecule has 0 saturated carbocycles. The van der Waals surface area contributed by atoms with Crippen molar-refractivity contribution in [2.75, 3.05) is 0 Å². The topological polar surface area (TPSA) is 12.9 Å². The molecule has 3 aromatic rings. The molecular formula is C19H10F7N. The molecule has 0 spiro atoms. The second-order valence-corrected chi connectivity index (χ2v) is 5.71. The van der Waals surface area contributed by atoms with Gasteiger partial charge in [-0.05, 0) is 24.3 Å². The number of alkyl halides is 6. The van der Waals surface area contributed by atoms with Crippen LogP contribution in [-0.4, -0.2) is 4.98 Å². The Balaban J connectivity index is 1.97. The molecule has 0 fully saturated rings. The number of hydrogen-bond acceptors (Lipinski definition) is 1. The van der Waals surface area contributed by atoms with E-state index in [2.05, 4.69) is 4.98 Å². The molecule has 8 heteroatoms. The number of hydrogen-bond donors (Lipinski definition) is 0. The van der Waals surface area contributed by atoms with Gasteiger partial charge in [0.2, 0.25) is 0 Å². The van der Waals surface area contributed by atoms with E-state index in [1.165, 1.54) is 0 Å². The molecule has 2 aromatic carbocycles. The molecule has 3 rings (SSSR count). The Hall–Kier alpha value is -2.90. The largest absolute Gasteiger partial charge is 0.416 e. The van der Waals surface area contributed by atoms with Crippen LogP contribution in [0, 0.1) is 5.82 Å². The smallest absolute Gasteiger partial charge is 0.248 e. The molecular weight excluding hydrogens is 375 g/mol. The zero-order valence-electron chi connectivity index (χ0n) is 13.4. The summed E-state index contributed by atoms with van der Waals surface area (Å²) in [4.78, 5) is 4.16. The van der Waals surface area contributed by atoms with Gasteiger partial charge in [-0.2, -0.15) is 26.3 Å². The highest BCUT2D eigenvalue weighted by molar-refractivity contribution is 5.66. The van der Waals surface area contributed by atoms with Crippen LogP contribution in [0.4, 0.5) is 30.7 Å². The average Bonchev–Trinajstić information content (AvgIpc) is 2.60. The monoisotopic (exact) mass is 385 g/mol. The van der Waals surface area contributed by atoms with E-state index in [4.69, 9.17) is 0 Å². The van der Waals surface area contributed by atoms with Gasteiger partial charge in [0, 0.05) is 23.3 Å². The lowest BCUT2D eigenvalue weighted by Crippen LogP contribution is -2.04. The average molecular weight is 385 g/mol. The maximum absolute atomic E-state index is 13.9. The summed E-state index contributed by atoms with van der Waals surface area (Å²) in [7, 11) is 0. The Labute approximate surface area is 149 Å². The van der Waals surface area contributed by atoms with Crippen molar-refractivity contribution in [1.82, 2.24) is 4.98 Å². The van der Waals surface area contributed by atoms with Crippen LogP contribution in [-0.2, 0) is 12.4 Å². The summed E-state index contributed by atoms with van der Waals surface area (Å²) in [6, 6.07) is 10.1. The molecule has 0 aliphatic carbocycles. The van der Waals surface area contributed by atoms with Crippen LogP contribution in [0.1, 0.15) is 11.1 Å². The molecule has 0 amide bonds. The van der Waals surface area contributed by atoms with Crippen molar-refractivity contribution in [2.45, 2.75) is 12.4 Å². The fourth-order valence-corrected chi connectivity index (χ4v) is 2.45. The van der Waals surface area contributed by atoms with Gasteiger partial charge in [-0.3, -0.25) is 0 Å². The molecule has 0 atom stereocenters. The lowest BCUT2D eigenvalue weighted by Gasteiger charge is -2.10. The Kier molecular flexibility index (Phi) is 4.67. The second kappa shape index (κ2) is 6.68. The van der Waals surface area contributed by atoms with Gasteiger partial charge in [-0.1, -0.05) is 24.3 Å². The highest BCUT2D eigenvalue weighted by Gasteiger charge is 2.30. The van der Waals surface area contributed by atoms with E-state index in [1.807, 2.05) is 0 Å². The summed E-state index contributed by atoms with van der Waals surface area (Å²) < 4.78 is 89.7. The number of halogens is 7. The van der Waals surface area contributed by atoms with Crippen molar-refractivity contribution < 1.29 is 30.7 Å². The summed E-state index contributed by atoms with van der Waals surface area (Å²) in [6.45, 7) is 0. The first kappa shape index (κ1) is 18.9. The summed E-state index contributed by atoms with van der Waals surface area (Å²) >= 11 is 0. The van der Waals surface area contributed by atoms with Gasteiger partial charge in [-0.15, -0.1) is 0 Å². The van der Waals surface area contributed by atoms with Gasteiger partial charge < -0.3 is 0 Å². The molecule has 0 aliphatic heterocycles. The van der Waals surface area contributed by atoms with E-state index in [0.717, 1.165) is 60.7 Å². The lowest BCUT2D eigenvalue weighted by atomic mass is 10.0. The third kappa shape index (κ3) is 4.27. The molecule has 27 heavy (non-hydrogen) atoms. The Morgan fingerprint density at radius 3 is 1.19 bits per heavy atom. The minimum Gasteiger partial charge on any atom is -0.248 e. The molecule has 0 bridgehead atoms. The van der Waals surface area contributed by atoms with Crippen molar-refractivity contribution in [2.24, 2.45) is 0 Å². The molecule has 0 unspecified atom stereocenters. The van der Waals surface area contributed by atoms with Gasteiger partial charge in [0.25, 0.3) is 0 Å². The van der Waals surface area contributed by atoms with Crippen LogP contribution in [0.2, 0.25) is 0 Å². The standard InChI is InChI=1S/C19H10F7N/c20-15-9-16(11-1-5-13(6-2-11)18(21,22)23)27-17(10-15)12-3-7-14(8-4-12)19(24,25)26/h1-10H. The SMILES string of the molecule is Fc1cc(-c2ccc(C(F)(F)F)cc2)nc(-c2ccc(C(F)(F)F)cc2)c1. The molecule has 1 nitrogen and oxygen atoms in total. The quantitative estimate of drug-likeness (QED) is 0.454. The highest BCUT2D eigenvalue weighted by Crippen LogP contribution is 2.33. The zero-order valence-corrected chi connectivity index (χ0v) is 13.4. The van der Waals surface area contributed by atoms with Crippen molar-refractivity contribution in [3.05, 3.63) is 77.6 Å². The van der Waals surface area contributed by atoms with Crippen LogP contribution in [0.15, 0.2) is 60.7 Å². The van der Waals surface area contributed by atoms with Crippen molar-refractivity contribution in [1.29, 1.82) is 0 Å². The van der Waals surface area contributed by atoms with Gasteiger partial charge >= 0.3 is 12.4 Å².